The van der Waals surface area contributed by atoms with Crippen molar-refractivity contribution in [3.8, 4) is 0 Å². The highest BCUT2D eigenvalue weighted by Gasteiger charge is 2.51. The highest BCUT2D eigenvalue weighted by molar-refractivity contribution is 6.55. The van der Waals surface area contributed by atoms with Crippen molar-refractivity contribution in [1.82, 2.24) is 5.32 Å². The molecule has 0 spiro atoms. The average Bonchev–Trinajstić information content (AvgIpc) is 2.73. The van der Waals surface area contributed by atoms with E-state index in [1.165, 1.54) is 0 Å². The Kier molecular flexibility index (Phi) is 7.31. The van der Waals surface area contributed by atoms with Crippen LogP contribution in [-0.2, 0) is 9.31 Å². The van der Waals surface area contributed by atoms with E-state index in [0.29, 0.717) is 0 Å². The van der Waals surface area contributed by atoms with Crippen LogP contribution in [0.25, 0.3) is 0 Å². The lowest BCUT2D eigenvalue weighted by molar-refractivity contribution is 0.00578. The van der Waals surface area contributed by atoms with Crippen LogP contribution >= 0.6 is 0 Å². The number of rotatable bonds is 7. The van der Waals surface area contributed by atoms with E-state index >= 15 is 0 Å². The van der Waals surface area contributed by atoms with Gasteiger partial charge in [0.15, 0.2) is 0 Å². The molecule has 24 heavy (non-hydrogen) atoms. The van der Waals surface area contributed by atoms with Gasteiger partial charge < -0.3 is 14.6 Å². The number of nitrogens with one attached hydrogen (secondary N) is 1. The van der Waals surface area contributed by atoms with Crippen molar-refractivity contribution in [2.24, 2.45) is 0 Å². The average molecular weight is 329 g/mol. The van der Waals surface area contributed by atoms with Gasteiger partial charge in [-0.2, -0.15) is 0 Å². The normalized spacial score (nSPS) is 21.5. The van der Waals surface area contributed by atoms with Gasteiger partial charge in [-0.1, -0.05) is 37.8 Å². The third-order valence-electron chi connectivity index (χ3n) is 4.58. The predicted molar refractivity (Wildman–Crippen MR) is 104 cm³/mol. The first-order chi connectivity index (χ1) is 11.2. The molecule has 0 aliphatic carbocycles. The molecule has 1 fully saturated rings. The number of hydrogen-bond donors (Lipinski definition) is 1. The molecule has 1 rings (SSSR count). The number of hydrogen-bond acceptors (Lipinski definition) is 3. The van der Waals surface area contributed by atoms with E-state index in [9.17, 15) is 0 Å². The summed E-state index contributed by atoms with van der Waals surface area (Å²) in [5.74, 6) is 0. The minimum Gasteiger partial charge on any atom is -0.399 e. The molecule has 0 aromatic rings. The molecule has 1 aliphatic rings. The third kappa shape index (κ3) is 4.99. The SMILES string of the molecule is C=C/C(=C\C=C(/CC)NC(/C=C\C)=C/C)B1OC(C)(C)C(C)(C)O1. The molecular formula is C20H32BNO2. The molecule has 0 saturated carbocycles. The van der Waals surface area contributed by atoms with Crippen LogP contribution in [0.15, 0.2) is 59.9 Å². The van der Waals surface area contributed by atoms with Crippen molar-refractivity contribution in [2.75, 3.05) is 0 Å². The van der Waals surface area contributed by atoms with Gasteiger partial charge >= 0.3 is 7.12 Å². The summed E-state index contributed by atoms with van der Waals surface area (Å²) >= 11 is 0. The molecule has 1 heterocycles. The molecule has 3 nitrogen and oxygen atoms in total. The fourth-order valence-corrected chi connectivity index (χ4v) is 2.24. The van der Waals surface area contributed by atoms with Crippen LogP contribution in [0.2, 0.25) is 0 Å². The Balaban J connectivity index is 2.97. The summed E-state index contributed by atoms with van der Waals surface area (Å²) in [6, 6.07) is 0. The van der Waals surface area contributed by atoms with Crippen LogP contribution in [0, 0.1) is 0 Å². The van der Waals surface area contributed by atoms with Gasteiger partial charge in [0.05, 0.1) is 11.2 Å². The van der Waals surface area contributed by atoms with Crippen molar-refractivity contribution in [3.63, 3.8) is 0 Å². The summed E-state index contributed by atoms with van der Waals surface area (Å²) < 4.78 is 12.2. The van der Waals surface area contributed by atoms with Gasteiger partial charge in [0.1, 0.15) is 0 Å². The van der Waals surface area contributed by atoms with E-state index in [2.05, 4.69) is 64.7 Å². The standard InChI is InChI=1S/C20H32BNO2/c1-9-13-17(11-3)22-18(12-4)15-14-16(10-2)21-23-19(5,6)20(7,8)24-21/h9-11,13-15,22H,2,12H2,1,3-8H3/b13-9-,16-14+,17-11+,18-15+. The Morgan fingerprint density at radius 3 is 2.08 bits per heavy atom. The molecule has 0 amide bonds. The van der Waals surface area contributed by atoms with Gasteiger partial charge in [0.25, 0.3) is 0 Å². The highest BCUT2D eigenvalue weighted by atomic mass is 16.7. The first-order valence-electron chi connectivity index (χ1n) is 8.65. The molecule has 4 heteroatoms. The molecule has 0 unspecified atom stereocenters. The van der Waals surface area contributed by atoms with Crippen LogP contribution in [0.3, 0.4) is 0 Å². The van der Waals surface area contributed by atoms with E-state index in [1.807, 2.05) is 26.0 Å². The van der Waals surface area contributed by atoms with Gasteiger partial charge in [-0.05, 0) is 65.6 Å². The van der Waals surface area contributed by atoms with Crippen LogP contribution < -0.4 is 5.32 Å². The lowest BCUT2D eigenvalue weighted by Crippen LogP contribution is -2.41. The number of allylic oxidation sites excluding steroid dienone is 8. The molecule has 1 saturated heterocycles. The topological polar surface area (TPSA) is 30.5 Å². The van der Waals surface area contributed by atoms with Crippen LogP contribution in [0.5, 0.6) is 0 Å². The van der Waals surface area contributed by atoms with Crippen LogP contribution in [0.1, 0.15) is 54.9 Å². The van der Waals surface area contributed by atoms with Gasteiger partial charge in [0, 0.05) is 11.4 Å². The zero-order chi connectivity index (χ0) is 18.4. The Hall–Kier alpha value is -1.52. The molecule has 0 bridgehead atoms. The summed E-state index contributed by atoms with van der Waals surface area (Å²) in [5, 5.41) is 3.43. The zero-order valence-electron chi connectivity index (χ0n) is 16.3. The minimum absolute atomic E-state index is 0.348. The van der Waals surface area contributed by atoms with Crippen molar-refractivity contribution >= 4 is 7.12 Å². The van der Waals surface area contributed by atoms with E-state index in [-0.39, 0.29) is 11.2 Å². The second kappa shape index (κ2) is 8.54. The smallest absolute Gasteiger partial charge is 0.399 e. The summed E-state index contributed by atoms with van der Waals surface area (Å²) in [7, 11) is -0.390. The molecular weight excluding hydrogens is 297 g/mol. The predicted octanol–water partition coefficient (Wildman–Crippen LogP) is 5.09. The zero-order valence-corrected chi connectivity index (χ0v) is 16.3. The van der Waals surface area contributed by atoms with Crippen molar-refractivity contribution < 1.29 is 9.31 Å². The van der Waals surface area contributed by atoms with Gasteiger partial charge in [-0.3, -0.25) is 0 Å². The molecule has 0 atom stereocenters. The first kappa shape index (κ1) is 20.5. The van der Waals surface area contributed by atoms with Crippen molar-refractivity contribution in [3.05, 3.63) is 59.9 Å². The quantitative estimate of drug-likeness (QED) is 0.521. The van der Waals surface area contributed by atoms with E-state index in [0.717, 1.165) is 23.3 Å². The van der Waals surface area contributed by atoms with Crippen molar-refractivity contribution in [1.29, 1.82) is 0 Å². The van der Waals surface area contributed by atoms with E-state index in [4.69, 9.17) is 9.31 Å². The molecule has 0 radical (unpaired) electrons. The fourth-order valence-electron chi connectivity index (χ4n) is 2.24. The Morgan fingerprint density at radius 2 is 1.67 bits per heavy atom. The molecule has 0 aromatic carbocycles. The Labute approximate surface area is 148 Å². The maximum atomic E-state index is 6.09. The monoisotopic (exact) mass is 329 g/mol. The first-order valence-corrected chi connectivity index (χ1v) is 8.65. The van der Waals surface area contributed by atoms with Crippen LogP contribution in [0.4, 0.5) is 0 Å². The molecule has 132 valence electrons. The minimum atomic E-state index is -0.390. The van der Waals surface area contributed by atoms with Gasteiger partial charge in [-0.15, -0.1) is 0 Å². The summed E-state index contributed by atoms with van der Waals surface area (Å²) in [6.45, 7) is 18.3. The highest BCUT2D eigenvalue weighted by Crippen LogP contribution is 2.38. The van der Waals surface area contributed by atoms with Gasteiger partial charge in [-0.25, -0.2) is 0 Å². The second-order valence-electron chi connectivity index (χ2n) is 6.87. The molecule has 1 aliphatic heterocycles. The Morgan fingerprint density at radius 1 is 1.08 bits per heavy atom. The largest absolute Gasteiger partial charge is 0.494 e. The fraction of sp³-hybridized carbons (Fsp3) is 0.500. The molecule has 0 aromatic heterocycles. The lowest BCUT2D eigenvalue weighted by Gasteiger charge is -2.32. The summed E-state index contributed by atoms with van der Waals surface area (Å²) in [6.07, 6.45) is 12.9. The maximum Gasteiger partial charge on any atom is 0.494 e. The Bertz CT molecular complexity index is 552. The summed E-state index contributed by atoms with van der Waals surface area (Å²) in [5.41, 5.74) is 2.43. The van der Waals surface area contributed by atoms with Gasteiger partial charge in [0.2, 0.25) is 0 Å². The maximum absolute atomic E-state index is 6.09. The van der Waals surface area contributed by atoms with Crippen molar-refractivity contribution in [2.45, 2.75) is 66.1 Å². The van der Waals surface area contributed by atoms with E-state index < -0.39 is 7.12 Å². The van der Waals surface area contributed by atoms with E-state index in [1.54, 1.807) is 6.08 Å². The lowest BCUT2D eigenvalue weighted by atomic mass is 9.78. The second-order valence-corrected chi connectivity index (χ2v) is 6.87. The molecule has 1 N–H and O–H groups in total. The summed E-state index contributed by atoms with van der Waals surface area (Å²) in [4.78, 5) is 0. The third-order valence-corrected chi connectivity index (χ3v) is 4.58. The van der Waals surface area contributed by atoms with Crippen LogP contribution in [-0.4, -0.2) is 18.3 Å².